The van der Waals surface area contributed by atoms with Crippen LogP contribution in [0.2, 0.25) is 0 Å². The summed E-state index contributed by atoms with van der Waals surface area (Å²) in [6, 6.07) is 6.25. The molecule has 6 nitrogen and oxygen atoms in total. The highest BCUT2D eigenvalue weighted by molar-refractivity contribution is 5.69. The molecule has 0 aliphatic carbocycles. The van der Waals surface area contributed by atoms with Gasteiger partial charge in [0.25, 0.3) is 0 Å². The molecule has 0 saturated heterocycles. The number of aliphatic hydroxyl groups is 1. The molecule has 1 unspecified atom stereocenters. The van der Waals surface area contributed by atoms with Gasteiger partial charge in [-0.3, -0.25) is 10.1 Å². The Hall–Kier alpha value is -2.13. The summed E-state index contributed by atoms with van der Waals surface area (Å²) in [6.07, 6.45) is -0.706. The second kappa shape index (κ2) is 5.02. The first-order chi connectivity index (χ1) is 8.29. The Bertz CT molecular complexity index is 504. The van der Waals surface area contributed by atoms with Crippen molar-refractivity contribution >= 4 is 11.4 Å². The molecule has 0 saturated carbocycles. The van der Waals surface area contributed by atoms with Crippen molar-refractivity contribution in [1.82, 2.24) is 0 Å². The number of hydrogen-bond acceptors (Lipinski definition) is 5. The first kappa shape index (κ1) is 13.9. The molecule has 0 heterocycles. The van der Waals surface area contributed by atoms with Crippen LogP contribution in [0, 0.1) is 21.4 Å². The van der Waals surface area contributed by atoms with E-state index in [1.807, 2.05) is 0 Å². The van der Waals surface area contributed by atoms with Crippen molar-refractivity contribution in [3.63, 3.8) is 0 Å². The summed E-state index contributed by atoms with van der Waals surface area (Å²) in [5.41, 5.74) is -0.788. The highest BCUT2D eigenvalue weighted by Crippen LogP contribution is 2.31. The zero-order valence-electron chi connectivity index (χ0n) is 10.5. The normalized spacial score (nSPS) is 12.6. The number of nitro groups is 1. The van der Waals surface area contributed by atoms with Gasteiger partial charge in [-0.05, 0) is 32.9 Å². The summed E-state index contributed by atoms with van der Waals surface area (Å²) in [6.45, 7) is 5.04. The molecular formula is C12H15N3O3. The lowest BCUT2D eigenvalue weighted by Crippen LogP contribution is -2.42. The largest absolute Gasteiger partial charge is 0.391 e. The fourth-order valence-electron chi connectivity index (χ4n) is 1.38. The van der Waals surface area contributed by atoms with Crippen molar-refractivity contribution in [3.05, 3.63) is 33.9 Å². The fourth-order valence-corrected chi connectivity index (χ4v) is 1.38. The molecule has 96 valence electrons. The van der Waals surface area contributed by atoms with Crippen LogP contribution < -0.4 is 5.32 Å². The number of rotatable bonds is 4. The third kappa shape index (κ3) is 2.76. The quantitative estimate of drug-likeness (QED) is 0.628. The van der Waals surface area contributed by atoms with Gasteiger partial charge in [0, 0.05) is 0 Å². The summed E-state index contributed by atoms with van der Waals surface area (Å²) in [7, 11) is 0. The predicted octanol–water partition coefficient (Wildman–Crippen LogP) is 2.04. The molecule has 0 amide bonds. The van der Waals surface area contributed by atoms with Crippen LogP contribution in [0.15, 0.2) is 18.2 Å². The third-order valence-electron chi connectivity index (χ3n) is 2.84. The number of para-hydroxylation sites is 1. The summed E-state index contributed by atoms with van der Waals surface area (Å²) < 4.78 is 0. The molecule has 0 spiro atoms. The molecule has 0 bridgehead atoms. The summed E-state index contributed by atoms with van der Waals surface area (Å²) >= 11 is 0. The minimum atomic E-state index is -0.737. The van der Waals surface area contributed by atoms with Crippen LogP contribution in [0.25, 0.3) is 0 Å². The molecule has 0 aliphatic rings. The first-order valence-electron chi connectivity index (χ1n) is 5.43. The van der Waals surface area contributed by atoms with Gasteiger partial charge in [-0.15, -0.1) is 0 Å². The fraction of sp³-hybridized carbons (Fsp3) is 0.417. The zero-order chi connectivity index (χ0) is 13.9. The van der Waals surface area contributed by atoms with E-state index in [1.165, 1.54) is 12.1 Å². The van der Waals surface area contributed by atoms with Crippen LogP contribution in [-0.2, 0) is 0 Å². The van der Waals surface area contributed by atoms with E-state index >= 15 is 0 Å². The van der Waals surface area contributed by atoms with Gasteiger partial charge >= 0.3 is 5.69 Å². The zero-order valence-corrected chi connectivity index (χ0v) is 10.5. The molecule has 18 heavy (non-hydrogen) atoms. The molecule has 0 aliphatic heterocycles. The van der Waals surface area contributed by atoms with E-state index in [0.717, 1.165) is 0 Å². The number of hydrogen-bond donors (Lipinski definition) is 2. The number of benzene rings is 1. The molecule has 0 radical (unpaired) electrons. The standard InChI is InChI=1S/C12H15N3O3/c1-8(16)12(2,3)14-10-6-4-5-9(7-13)11(10)15(17)18/h4-6,8,14,16H,1-3H3. The van der Waals surface area contributed by atoms with Crippen molar-refractivity contribution in [2.45, 2.75) is 32.4 Å². The van der Waals surface area contributed by atoms with Gasteiger partial charge < -0.3 is 10.4 Å². The maximum absolute atomic E-state index is 11.0. The van der Waals surface area contributed by atoms with Gasteiger partial charge in [0.15, 0.2) is 0 Å². The highest BCUT2D eigenvalue weighted by atomic mass is 16.6. The molecule has 1 aromatic carbocycles. The number of aliphatic hydroxyl groups excluding tert-OH is 1. The van der Waals surface area contributed by atoms with Crippen LogP contribution in [0.4, 0.5) is 11.4 Å². The Morgan fingerprint density at radius 1 is 1.56 bits per heavy atom. The monoisotopic (exact) mass is 249 g/mol. The maximum atomic E-state index is 11.0. The maximum Gasteiger partial charge on any atom is 0.309 e. The summed E-state index contributed by atoms with van der Waals surface area (Å²) in [5, 5.41) is 32.4. The van der Waals surface area contributed by atoms with Crippen LogP contribution in [-0.4, -0.2) is 21.7 Å². The topological polar surface area (TPSA) is 99.2 Å². The molecule has 0 fully saturated rings. The van der Waals surface area contributed by atoms with Crippen LogP contribution >= 0.6 is 0 Å². The lowest BCUT2D eigenvalue weighted by Gasteiger charge is -2.30. The molecular weight excluding hydrogens is 234 g/mol. The molecule has 1 atom stereocenters. The number of nitro benzene ring substituents is 1. The van der Waals surface area contributed by atoms with Gasteiger partial charge in [-0.1, -0.05) is 6.07 Å². The minimum absolute atomic E-state index is 0.00797. The smallest absolute Gasteiger partial charge is 0.309 e. The third-order valence-corrected chi connectivity index (χ3v) is 2.84. The van der Waals surface area contributed by atoms with Crippen molar-refractivity contribution in [2.24, 2.45) is 0 Å². The van der Waals surface area contributed by atoms with Crippen LogP contribution in [0.3, 0.4) is 0 Å². The lowest BCUT2D eigenvalue weighted by molar-refractivity contribution is -0.384. The first-order valence-corrected chi connectivity index (χ1v) is 5.43. The SMILES string of the molecule is CC(O)C(C)(C)Nc1cccc(C#N)c1[N+](=O)[O-]. The Morgan fingerprint density at radius 2 is 2.17 bits per heavy atom. The van der Waals surface area contributed by atoms with E-state index in [1.54, 1.807) is 32.9 Å². The van der Waals surface area contributed by atoms with E-state index in [9.17, 15) is 15.2 Å². The van der Waals surface area contributed by atoms with Gasteiger partial charge in [0.05, 0.1) is 16.6 Å². The number of anilines is 1. The van der Waals surface area contributed by atoms with Crippen molar-refractivity contribution in [3.8, 4) is 6.07 Å². The van der Waals surface area contributed by atoms with Gasteiger partial charge in [0.2, 0.25) is 0 Å². The molecule has 1 aromatic rings. The Labute approximate surface area is 105 Å². The number of nitrogens with zero attached hydrogens (tertiary/aromatic N) is 2. The highest BCUT2D eigenvalue weighted by Gasteiger charge is 2.28. The Balaban J connectivity index is 3.26. The van der Waals surface area contributed by atoms with E-state index in [2.05, 4.69) is 5.32 Å². The van der Waals surface area contributed by atoms with Gasteiger partial charge in [-0.2, -0.15) is 5.26 Å². The summed E-state index contributed by atoms with van der Waals surface area (Å²) in [4.78, 5) is 10.4. The van der Waals surface area contributed by atoms with Gasteiger partial charge in [0.1, 0.15) is 17.3 Å². The number of nitriles is 1. The second-order valence-electron chi connectivity index (χ2n) is 4.59. The molecule has 2 N–H and O–H groups in total. The average molecular weight is 249 g/mol. The molecule has 1 rings (SSSR count). The molecule has 0 aromatic heterocycles. The molecule has 6 heteroatoms. The average Bonchev–Trinajstić information content (AvgIpc) is 2.27. The van der Waals surface area contributed by atoms with Crippen LogP contribution in [0.5, 0.6) is 0 Å². The minimum Gasteiger partial charge on any atom is -0.391 e. The van der Waals surface area contributed by atoms with Crippen molar-refractivity contribution < 1.29 is 10.0 Å². The van der Waals surface area contributed by atoms with E-state index in [0.29, 0.717) is 0 Å². The van der Waals surface area contributed by atoms with E-state index < -0.39 is 16.6 Å². The Morgan fingerprint density at radius 3 is 2.61 bits per heavy atom. The lowest BCUT2D eigenvalue weighted by atomic mass is 9.97. The van der Waals surface area contributed by atoms with Crippen molar-refractivity contribution in [2.75, 3.05) is 5.32 Å². The van der Waals surface area contributed by atoms with Crippen molar-refractivity contribution in [1.29, 1.82) is 5.26 Å². The Kier molecular flexibility index (Phi) is 3.89. The predicted molar refractivity (Wildman–Crippen MR) is 67.2 cm³/mol. The van der Waals surface area contributed by atoms with Gasteiger partial charge in [-0.25, -0.2) is 0 Å². The summed E-state index contributed by atoms with van der Waals surface area (Å²) in [5.74, 6) is 0. The second-order valence-corrected chi connectivity index (χ2v) is 4.59. The number of nitrogens with one attached hydrogen (secondary N) is 1. The van der Waals surface area contributed by atoms with E-state index in [4.69, 9.17) is 5.26 Å². The van der Waals surface area contributed by atoms with Crippen LogP contribution in [0.1, 0.15) is 26.3 Å². The van der Waals surface area contributed by atoms with E-state index in [-0.39, 0.29) is 16.9 Å².